The lowest BCUT2D eigenvalue weighted by Crippen LogP contribution is -2.36. The number of nitrogens with one attached hydrogen (secondary N) is 1. The Morgan fingerprint density at radius 3 is 2.74 bits per heavy atom. The van der Waals surface area contributed by atoms with Gasteiger partial charge < -0.3 is 10.2 Å². The van der Waals surface area contributed by atoms with Gasteiger partial charge >= 0.3 is 0 Å². The molecular formula is C21H22N4OS. The predicted octanol–water partition coefficient (Wildman–Crippen LogP) is 4.20. The van der Waals surface area contributed by atoms with Crippen LogP contribution in [0.25, 0.3) is 5.69 Å². The number of nitrogens with zero attached hydrogens (tertiary/aromatic N) is 3. The van der Waals surface area contributed by atoms with Crippen LogP contribution in [0.15, 0.2) is 71.9 Å². The van der Waals surface area contributed by atoms with E-state index < -0.39 is 0 Å². The highest BCUT2D eigenvalue weighted by Crippen LogP contribution is 2.37. The quantitative estimate of drug-likeness (QED) is 0.739. The summed E-state index contributed by atoms with van der Waals surface area (Å²) in [7, 11) is 0. The lowest BCUT2D eigenvalue weighted by atomic mass is 10.2. The van der Waals surface area contributed by atoms with Crippen molar-refractivity contribution in [2.75, 3.05) is 23.3 Å². The van der Waals surface area contributed by atoms with E-state index in [1.165, 1.54) is 4.90 Å². The summed E-state index contributed by atoms with van der Waals surface area (Å²) in [4.78, 5) is 16.1. The third kappa shape index (κ3) is 3.85. The SMILES string of the molecule is C[C@H]1CCN(C(=O)CNc2ccccc2-n2cccn2)c2ccccc2S1. The van der Waals surface area contributed by atoms with Crippen LogP contribution in [0.2, 0.25) is 0 Å². The van der Waals surface area contributed by atoms with E-state index in [9.17, 15) is 4.79 Å². The zero-order valence-corrected chi connectivity index (χ0v) is 16.0. The molecule has 4 rings (SSSR count). The molecule has 1 aliphatic rings. The molecule has 1 aromatic heterocycles. The first-order chi connectivity index (χ1) is 13.2. The number of para-hydroxylation sites is 3. The second-order valence-electron chi connectivity index (χ2n) is 6.55. The molecule has 0 radical (unpaired) electrons. The molecule has 0 spiro atoms. The number of carbonyl (C=O) groups excluding carboxylic acids is 1. The lowest BCUT2D eigenvalue weighted by molar-refractivity contribution is -0.117. The highest BCUT2D eigenvalue weighted by Gasteiger charge is 2.24. The van der Waals surface area contributed by atoms with E-state index in [2.05, 4.69) is 23.4 Å². The Labute approximate surface area is 163 Å². The molecule has 1 aliphatic heterocycles. The van der Waals surface area contributed by atoms with Gasteiger partial charge in [0.15, 0.2) is 0 Å². The molecule has 0 saturated heterocycles. The third-order valence-electron chi connectivity index (χ3n) is 4.63. The van der Waals surface area contributed by atoms with Gasteiger partial charge in [-0.15, -0.1) is 11.8 Å². The Balaban J connectivity index is 1.53. The third-order valence-corrected chi connectivity index (χ3v) is 5.87. The molecule has 3 aromatic rings. The van der Waals surface area contributed by atoms with Gasteiger partial charge in [0.05, 0.1) is 23.6 Å². The average Bonchev–Trinajstić information content (AvgIpc) is 3.16. The minimum atomic E-state index is 0.0763. The summed E-state index contributed by atoms with van der Waals surface area (Å²) >= 11 is 1.84. The smallest absolute Gasteiger partial charge is 0.246 e. The molecule has 1 N–H and O–H groups in total. The lowest BCUT2D eigenvalue weighted by Gasteiger charge is -2.23. The number of carbonyl (C=O) groups is 1. The van der Waals surface area contributed by atoms with Crippen molar-refractivity contribution in [1.29, 1.82) is 0 Å². The van der Waals surface area contributed by atoms with Crippen LogP contribution in [0, 0.1) is 0 Å². The summed E-state index contributed by atoms with van der Waals surface area (Å²) in [5.74, 6) is 0.0763. The Morgan fingerprint density at radius 1 is 1.15 bits per heavy atom. The second kappa shape index (κ2) is 7.88. The van der Waals surface area contributed by atoms with Gasteiger partial charge in [-0.05, 0) is 36.8 Å². The van der Waals surface area contributed by atoms with E-state index in [1.54, 1.807) is 10.9 Å². The number of thioether (sulfide) groups is 1. The number of anilines is 2. The molecule has 0 bridgehead atoms. The number of fused-ring (bicyclic) bond motifs is 1. The van der Waals surface area contributed by atoms with Gasteiger partial charge in [-0.25, -0.2) is 4.68 Å². The molecule has 1 atom stereocenters. The van der Waals surface area contributed by atoms with Crippen LogP contribution in [0.5, 0.6) is 0 Å². The van der Waals surface area contributed by atoms with Crippen molar-refractivity contribution >= 4 is 29.0 Å². The largest absolute Gasteiger partial charge is 0.374 e. The van der Waals surface area contributed by atoms with E-state index in [0.29, 0.717) is 5.25 Å². The zero-order chi connectivity index (χ0) is 18.6. The van der Waals surface area contributed by atoms with Gasteiger partial charge in [-0.2, -0.15) is 5.10 Å². The standard InChI is InChI=1S/C21H22N4OS/c1-16-11-14-24(19-9-4-5-10-20(19)27-16)21(26)15-22-17-7-2-3-8-18(17)25-13-6-12-23-25/h2-10,12-13,16,22H,11,14-15H2,1H3/t16-/m0/s1. The van der Waals surface area contributed by atoms with Crippen LogP contribution in [-0.4, -0.2) is 34.0 Å². The Bertz CT molecular complexity index is 925. The maximum absolute atomic E-state index is 13.0. The van der Waals surface area contributed by atoms with Gasteiger partial charge in [0.2, 0.25) is 5.91 Å². The molecule has 0 fully saturated rings. The maximum Gasteiger partial charge on any atom is 0.246 e. The summed E-state index contributed by atoms with van der Waals surface area (Å²) in [5, 5.41) is 8.09. The van der Waals surface area contributed by atoms with E-state index in [-0.39, 0.29) is 12.5 Å². The van der Waals surface area contributed by atoms with E-state index in [1.807, 2.05) is 71.4 Å². The zero-order valence-electron chi connectivity index (χ0n) is 15.2. The van der Waals surface area contributed by atoms with Crippen molar-refractivity contribution in [2.45, 2.75) is 23.5 Å². The summed E-state index contributed by atoms with van der Waals surface area (Å²) in [6, 6.07) is 17.9. The molecule has 138 valence electrons. The van der Waals surface area contributed by atoms with Gasteiger partial charge in [-0.1, -0.05) is 31.2 Å². The molecule has 5 nitrogen and oxygen atoms in total. The van der Waals surface area contributed by atoms with E-state index >= 15 is 0 Å². The van der Waals surface area contributed by atoms with E-state index in [4.69, 9.17) is 0 Å². The van der Waals surface area contributed by atoms with Crippen molar-refractivity contribution < 1.29 is 4.79 Å². The molecule has 0 unspecified atom stereocenters. The minimum Gasteiger partial charge on any atom is -0.374 e. The number of aromatic nitrogens is 2. The Kier molecular flexibility index (Phi) is 5.16. The summed E-state index contributed by atoms with van der Waals surface area (Å²) in [6.07, 6.45) is 4.62. The first kappa shape index (κ1) is 17.7. The van der Waals surface area contributed by atoms with Crippen LogP contribution in [0.1, 0.15) is 13.3 Å². The second-order valence-corrected chi connectivity index (χ2v) is 8.03. The number of rotatable bonds is 4. The summed E-state index contributed by atoms with van der Waals surface area (Å²) < 4.78 is 1.80. The van der Waals surface area contributed by atoms with Gasteiger partial charge in [0, 0.05) is 29.1 Å². The van der Waals surface area contributed by atoms with Crippen molar-refractivity contribution in [3.63, 3.8) is 0 Å². The van der Waals surface area contributed by atoms with Crippen molar-refractivity contribution in [1.82, 2.24) is 9.78 Å². The van der Waals surface area contributed by atoms with Crippen molar-refractivity contribution in [3.05, 3.63) is 67.0 Å². The molecule has 6 heteroatoms. The Hall–Kier alpha value is -2.73. The molecule has 1 amide bonds. The summed E-state index contributed by atoms with van der Waals surface area (Å²) in [6.45, 7) is 3.20. The Morgan fingerprint density at radius 2 is 1.93 bits per heavy atom. The number of benzene rings is 2. The first-order valence-corrected chi connectivity index (χ1v) is 9.99. The first-order valence-electron chi connectivity index (χ1n) is 9.11. The van der Waals surface area contributed by atoms with Crippen LogP contribution in [0.3, 0.4) is 0 Å². The fourth-order valence-corrected chi connectivity index (χ4v) is 4.36. The normalized spacial score (nSPS) is 16.5. The highest BCUT2D eigenvalue weighted by molar-refractivity contribution is 8.00. The molecule has 27 heavy (non-hydrogen) atoms. The molecule has 0 aliphatic carbocycles. The van der Waals surface area contributed by atoms with Gasteiger partial charge in [-0.3, -0.25) is 4.79 Å². The molecule has 2 heterocycles. The minimum absolute atomic E-state index is 0.0763. The predicted molar refractivity (Wildman–Crippen MR) is 111 cm³/mol. The molecule has 0 saturated carbocycles. The maximum atomic E-state index is 13.0. The fourth-order valence-electron chi connectivity index (χ4n) is 3.25. The number of hydrogen-bond acceptors (Lipinski definition) is 4. The van der Waals surface area contributed by atoms with Gasteiger partial charge in [0.1, 0.15) is 0 Å². The summed E-state index contributed by atoms with van der Waals surface area (Å²) in [5.41, 5.74) is 2.83. The van der Waals surface area contributed by atoms with Crippen LogP contribution in [-0.2, 0) is 4.79 Å². The molecular weight excluding hydrogens is 356 g/mol. The van der Waals surface area contributed by atoms with Crippen LogP contribution in [0.4, 0.5) is 11.4 Å². The molecule has 2 aromatic carbocycles. The average molecular weight is 379 g/mol. The van der Waals surface area contributed by atoms with Crippen LogP contribution < -0.4 is 10.2 Å². The van der Waals surface area contributed by atoms with Crippen molar-refractivity contribution in [2.24, 2.45) is 0 Å². The van der Waals surface area contributed by atoms with Gasteiger partial charge in [0.25, 0.3) is 0 Å². The van der Waals surface area contributed by atoms with E-state index in [0.717, 1.165) is 30.0 Å². The topological polar surface area (TPSA) is 50.2 Å². The van der Waals surface area contributed by atoms with Crippen molar-refractivity contribution in [3.8, 4) is 5.69 Å². The fraction of sp³-hybridized carbons (Fsp3) is 0.238. The van der Waals surface area contributed by atoms with Crippen LogP contribution >= 0.6 is 11.8 Å². The number of amides is 1. The monoisotopic (exact) mass is 378 g/mol. The highest BCUT2D eigenvalue weighted by atomic mass is 32.2. The number of hydrogen-bond donors (Lipinski definition) is 1.